The van der Waals surface area contributed by atoms with E-state index in [2.05, 4.69) is 0 Å². The Kier molecular flexibility index (Phi) is 5.21. The van der Waals surface area contributed by atoms with Gasteiger partial charge in [0.15, 0.2) is 17.5 Å². The zero-order valence-corrected chi connectivity index (χ0v) is 11.2. The van der Waals surface area contributed by atoms with Crippen molar-refractivity contribution >= 4 is 0 Å². The number of hydrogen-bond donors (Lipinski definition) is 0. The first-order valence-corrected chi connectivity index (χ1v) is 6.99. The van der Waals surface area contributed by atoms with E-state index in [0.717, 1.165) is 37.8 Å². The van der Waals surface area contributed by atoms with Crippen LogP contribution in [0.25, 0.3) is 0 Å². The van der Waals surface area contributed by atoms with Crippen molar-refractivity contribution in [3.63, 3.8) is 0 Å². The lowest BCUT2D eigenvalue weighted by molar-refractivity contribution is 0.370. The van der Waals surface area contributed by atoms with E-state index in [0.29, 0.717) is 17.9 Å². The Hall–Kier alpha value is -1.32. The molecule has 0 N–H and O–H groups in total. The highest BCUT2D eigenvalue weighted by atomic mass is 19.2. The second kappa shape index (κ2) is 6.91. The number of alkyl halides is 1. The minimum Gasteiger partial charge on any atom is -0.251 e. The molecule has 2 rings (SSSR count). The molecule has 1 aliphatic carbocycles. The standard InChI is InChI=1S/C16H18F4/c17-8-2-1-3-11-4-6-12(7-5-11)13-9-14(18)16(20)15(19)10-13/h1,3,9-12H,2,4-8H2/b3-1+. The second-order valence-corrected chi connectivity index (χ2v) is 5.32. The molecule has 20 heavy (non-hydrogen) atoms. The fraction of sp³-hybridized carbons (Fsp3) is 0.500. The molecule has 0 aromatic heterocycles. The molecule has 0 amide bonds. The van der Waals surface area contributed by atoms with Gasteiger partial charge in [0.2, 0.25) is 0 Å². The summed E-state index contributed by atoms with van der Waals surface area (Å²) in [6.07, 6.45) is 7.77. The smallest absolute Gasteiger partial charge is 0.194 e. The summed E-state index contributed by atoms with van der Waals surface area (Å²) in [5.41, 5.74) is 0.535. The van der Waals surface area contributed by atoms with Gasteiger partial charge in [-0.2, -0.15) is 0 Å². The molecule has 4 heteroatoms. The summed E-state index contributed by atoms with van der Waals surface area (Å²) in [4.78, 5) is 0. The van der Waals surface area contributed by atoms with Gasteiger partial charge in [-0.3, -0.25) is 4.39 Å². The SMILES string of the molecule is FCC/C=C/C1CCC(c2cc(F)c(F)c(F)c2)CC1. The Labute approximate surface area is 116 Å². The molecule has 110 valence electrons. The maximum atomic E-state index is 13.2. The molecule has 0 bridgehead atoms. The molecule has 0 spiro atoms. The molecular formula is C16H18F4. The lowest BCUT2D eigenvalue weighted by Crippen LogP contribution is -2.12. The molecule has 1 aromatic carbocycles. The van der Waals surface area contributed by atoms with Gasteiger partial charge in [-0.15, -0.1) is 0 Å². The van der Waals surface area contributed by atoms with E-state index >= 15 is 0 Å². The summed E-state index contributed by atoms with van der Waals surface area (Å²) >= 11 is 0. The van der Waals surface area contributed by atoms with Crippen LogP contribution in [0.15, 0.2) is 24.3 Å². The van der Waals surface area contributed by atoms with E-state index in [1.165, 1.54) is 0 Å². The summed E-state index contributed by atoms with van der Waals surface area (Å²) in [5.74, 6) is -3.16. The highest BCUT2D eigenvalue weighted by Gasteiger charge is 2.23. The minimum absolute atomic E-state index is 0.0745. The van der Waals surface area contributed by atoms with Crippen LogP contribution < -0.4 is 0 Å². The van der Waals surface area contributed by atoms with Crippen molar-refractivity contribution in [1.82, 2.24) is 0 Å². The first-order chi connectivity index (χ1) is 9.61. The van der Waals surface area contributed by atoms with Crippen molar-refractivity contribution in [1.29, 1.82) is 0 Å². The van der Waals surface area contributed by atoms with Gasteiger partial charge in [-0.1, -0.05) is 12.2 Å². The number of rotatable bonds is 4. The van der Waals surface area contributed by atoms with Gasteiger partial charge in [0, 0.05) is 0 Å². The Morgan fingerprint density at radius 3 is 2.15 bits per heavy atom. The van der Waals surface area contributed by atoms with Gasteiger partial charge in [-0.25, -0.2) is 13.2 Å². The van der Waals surface area contributed by atoms with Gasteiger partial charge in [0.05, 0.1) is 6.67 Å². The third-order valence-corrected chi connectivity index (χ3v) is 3.93. The van der Waals surface area contributed by atoms with Crippen LogP contribution in [0.5, 0.6) is 0 Å². The average Bonchev–Trinajstić information content (AvgIpc) is 2.45. The summed E-state index contributed by atoms with van der Waals surface area (Å²) in [7, 11) is 0. The van der Waals surface area contributed by atoms with Crippen LogP contribution in [0.4, 0.5) is 17.6 Å². The Bertz CT molecular complexity index is 450. The summed E-state index contributed by atoms with van der Waals surface area (Å²) in [5, 5.41) is 0. The van der Waals surface area contributed by atoms with Gasteiger partial charge >= 0.3 is 0 Å². The zero-order chi connectivity index (χ0) is 14.5. The van der Waals surface area contributed by atoms with Gasteiger partial charge < -0.3 is 0 Å². The van der Waals surface area contributed by atoms with Gasteiger partial charge in [0.25, 0.3) is 0 Å². The predicted octanol–water partition coefficient (Wildman–Crippen LogP) is 5.29. The molecule has 1 aliphatic rings. The molecule has 1 aromatic rings. The second-order valence-electron chi connectivity index (χ2n) is 5.32. The van der Waals surface area contributed by atoms with Crippen LogP contribution in [0.3, 0.4) is 0 Å². The zero-order valence-electron chi connectivity index (χ0n) is 11.2. The summed E-state index contributed by atoms with van der Waals surface area (Å²) in [6.45, 7) is -0.347. The van der Waals surface area contributed by atoms with Crippen molar-refractivity contribution < 1.29 is 17.6 Å². The Morgan fingerprint density at radius 1 is 1.00 bits per heavy atom. The minimum atomic E-state index is -1.41. The first kappa shape index (κ1) is 15.1. The molecule has 0 nitrogen and oxygen atoms in total. The van der Waals surface area contributed by atoms with E-state index in [1.807, 2.05) is 12.2 Å². The maximum absolute atomic E-state index is 13.2. The quantitative estimate of drug-likeness (QED) is 0.400. The molecule has 0 saturated heterocycles. The van der Waals surface area contributed by atoms with E-state index in [4.69, 9.17) is 0 Å². The van der Waals surface area contributed by atoms with Crippen molar-refractivity contribution in [3.8, 4) is 0 Å². The molecule has 1 fully saturated rings. The van der Waals surface area contributed by atoms with Crippen LogP contribution in [0, 0.1) is 23.4 Å². The third-order valence-electron chi connectivity index (χ3n) is 3.93. The molecule has 0 unspecified atom stereocenters. The van der Waals surface area contributed by atoms with Crippen molar-refractivity contribution in [2.45, 2.75) is 38.0 Å². The van der Waals surface area contributed by atoms with Crippen LogP contribution in [0.2, 0.25) is 0 Å². The normalized spacial score (nSPS) is 23.4. The van der Waals surface area contributed by atoms with E-state index in [1.54, 1.807) is 0 Å². The number of benzene rings is 1. The van der Waals surface area contributed by atoms with Crippen molar-refractivity contribution in [2.75, 3.05) is 6.67 Å². The van der Waals surface area contributed by atoms with Crippen LogP contribution >= 0.6 is 0 Å². The fourth-order valence-electron chi connectivity index (χ4n) is 2.81. The van der Waals surface area contributed by atoms with Crippen LogP contribution in [-0.4, -0.2) is 6.67 Å². The maximum Gasteiger partial charge on any atom is 0.194 e. The fourth-order valence-corrected chi connectivity index (χ4v) is 2.81. The van der Waals surface area contributed by atoms with E-state index in [9.17, 15) is 17.6 Å². The highest BCUT2D eigenvalue weighted by Crippen LogP contribution is 2.37. The molecule has 0 atom stereocenters. The molecule has 0 aliphatic heterocycles. The third kappa shape index (κ3) is 3.62. The van der Waals surface area contributed by atoms with Crippen LogP contribution in [0.1, 0.15) is 43.6 Å². The van der Waals surface area contributed by atoms with Gasteiger partial charge in [0.1, 0.15) is 0 Å². The van der Waals surface area contributed by atoms with Gasteiger partial charge in [-0.05, 0) is 61.6 Å². The van der Waals surface area contributed by atoms with Crippen molar-refractivity contribution in [2.24, 2.45) is 5.92 Å². The number of halogens is 4. The molecule has 0 heterocycles. The largest absolute Gasteiger partial charge is 0.251 e. The average molecular weight is 286 g/mol. The first-order valence-electron chi connectivity index (χ1n) is 6.99. The number of allylic oxidation sites excluding steroid dienone is 2. The van der Waals surface area contributed by atoms with E-state index in [-0.39, 0.29) is 12.6 Å². The van der Waals surface area contributed by atoms with Crippen molar-refractivity contribution in [3.05, 3.63) is 47.3 Å². The monoisotopic (exact) mass is 286 g/mol. The molecule has 0 radical (unpaired) electrons. The molecule has 1 saturated carbocycles. The predicted molar refractivity (Wildman–Crippen MR) is 70.7 cm³/mol. The molecular weight excluding hydrogens is 268 g/mol. The Balaban J connectivity index is 1.97. The highest BCUT2D eigenvalue weighted by molar-refractivity contribution is 5.23. The van der Waals surface area contributed by atoms with E-state index < -0.39 is 17.5 Å². The number of hydrogen-bond acceptors (Lipinski definition) is 0. The lowest BCUT2D eigenvalue weighted by atomic mass is 9.78. The Morgan fingerprint density at radius 2 is 1.60 bits per heavy atom. The topological polar surface area (TPSA) is 0 Å². The van der Waals surface area contributed by atoms with Crippen LogP contribution in [-0.2, 0) is 0 Å². The summed E-state index contributed by atoms with van der Waals surface area (Å²) < 4.78 is 51.3. The lowest BCUT2D eigenvalue weighted by Gasteiger charge is -2.27. The summed E-state index contributed by atoms with van der Waals surface area (Å²) in [6, 6.07) is 2.20.